The summed E-state index contributed by atoms with van der Waals surface area (Å²) in [4.78, 5) is 12.2. The fourth-order valence-corrected chi connectivity index (χ4v) is 5.44. The van der Waals surface area contributed by atoms with Crippen molar-refractivity contribution in [1.29, 1.82) is 0 Å². The van der Waals surface area contributed by atoms with E-state index in [1.54, 1.807) is 0 Å². The molecule has 3 rings (SSSR count). The molecule has 114 valence electrons. The molecule has 0 unspecified atom stereocenters. The Hall–Kier alpha value is -0.980. The lowest BCUT2D eigenvalue weighted by atomic mass is 10.1. The van der Waals surface area contributed by atoms with Crippen molar-refractivity contribution in [3.05, 3.63) is 63.9 Å². The van der Waals surface area contributed by atoms with Crippen molar-refractivity contribution in [3.8, 4) is 0 Å². The van der Waals surface area contributed by atoms with Gasteiger partial charge in [0, 0.05) is 21.5 Å². The lowest BCUT2D eigenvalue weighted by Crippen LogP contribution is -2.12. The Labute approximate surface area is 145 Å². The summed E-state index contributed by atoms with van der Waals surface area (Å²) in [6, 6.07) is 11.9. The van der Waals surface area contributed by atoms with Gasteiger partial charge in [-0.25, -0.2) is 4.39 Å². The standard InChI is InChI=1S/C16H13BrFNOS2/c17-13-9-12(18)5-6-14(13)19-15(20)10-1-3-11(4-2-10)16-21-7-8-22-16/h1-6,9,16H,7-8H2,(H,19,20). The molecule has 6 heteroatoms. The number of carbonyl (C=O) groups excluding carboxylic acids is 1. The molecule has 0 aliphatic carbocycles. The Morgan fingerprint density at radius 1 is 1.14 bits per heavy atom. The highest BCUT2D eigenvalue weighted by molar-refractivity contribution is 9.10. The first-order chi connectivity index (χ1) is 10.6. The van der Waals surface area contributed by atoms with Gasteiger partial charge in [0.05, 0.1) is 10.3 Å². The van der Waals surface area contributed by atoms with E-state index >= 15 is 0 Å². The van der Waals surface area contributed by atoms with E-state index in [2.05, 4.69) is 21.2 Å². The molecule has 2 aromatic carbocycles. The number of rotatable bonds is 3. The van der Waals surface area contributed by atoms with Gasteiger partial charge >= 0.3 is 0 Å². The van der Waals surface area contributed by atoms with Crippen molar-refractivity contribution in [2.75, 3.05) is 16.8 Å². The molecule has 0 radical (unpaired) electrons. The Kier molecular flexibility index (Phi) is 5.10. The fourth-order valence-electron chi connectivity index (χ4n) is 2.13. The number of anilines is 1. The molecule has 0 aromatic heterocycles. The van der Waals surface area contributed by atoms with Crippen LogP contribution in [0.4, 0.5) is 10.1 Å². The van der Waals surface area contributed by atoms with Gasteiger partial charge in [0.2, 0.25) is 0 Å². The Bertz CT molecular complexity index is 687. The second kappa shape index (κ2) is 7.06. The monoisotopic (exact) mass is 397 g/mol. The molecule has 1 heterocycles. The van der Waals surface area contributed by atoms with E-state index in [-0.39, 0.29) is 11.7 Å². The van der Waals surface area contributed by atoms with E-state index < -0.39 is 0 Å². The fraction of sp³-hybridized carbons (Fsp3) is 0.188. The Balaban J connectivity index is 1.71. The molecule has 2 nitrogen and oxygen atoms in total. The highest BCUT2D eigenvalue weighted by Crippen LogP contribution is 2.45. The van der Waals surface area contributed by atoms with Crippen LogP contribution in [0, 0.1) is 5.82 Å². The van der Waals surface area contributed by atoms with Gasteiger partial charge in [0.25, 0.3) is 5.91 Å². The normalized spacial score (nSPS) is 15.0. The van der Waals surface area contributed by atoms with Crippen molar-refractivity contribution in [1.82, 2.24) is 0 Å². The minimum Gasteiger partial charge on any atom is -0.321 e. The molecule has 0 saturated carbocycles. The average molecular weight is 398 g/mol. The molecular formula is C16H13BrFNOS2. The zero-order valence-corrected chi connectivity index (χ0v) is 14.7. The van der Waals surface area contributed by atoms with E-state index in [1.807, 2.05) is 47.8 Å². The van der Waals surface area contributed by atoms with Gasteiger partial charge < -0.3 is 5.32 Å². The molecule has 1 fully saturated rings. The summed E-state index contributed by atoms with van der Waals surface area (Å²) < 4.78 is 14.1. The summed E-state index contributed by atoms with van der Waals surface area (Å²) in [5, 5.41) is 2.78. The van der Waals surface area contributed by atoms with E-state index in [4.69, 9.17) is 0 Å². The third-order valence-electron chi connectivity index (χ3n) is 3.25. The van der Waals surface area contributed by atoms with Crippen LogP contribution >= 0.6 is 39.5 Å². The number of hydrogen-bond donors (Lipinski definition) is 1. The Morgan fingerprint density at radius 3 is 2.45 bits per heavy atom. The van der Waals surface area contributed by atoms with Crippen molar-refractivity contribution in [3.63, 3.8) is 0 Å². The van der Waals surface area contributed by atoms with Crippen LogP contribution in [0.15, 0.2) is 46.9 Å². The average Bonchev–Trinajstić information content (AvgIpc) is 3.04. The lowest BCUT2D eigenvalue weighted by molar-refractivity contribution is 0.102. The van der Waals surface area contributed by atoms with Crippen LogP contribution in [0.2, 0.25) is 0 Å². The van der Waals surface area contributed by atoms with E-state index in [1.165, 1.54) is 35.3 Å². The molecule has 22 heavy (non-hydrogen) atoms. The van der Waals surface area contributed by atoms with Crippen LogP contribution < -0.4 is 5.32 Å². The molecule has 0 spiro atoms. The first kappa shape index (κ1) is 15.9. The molecular weight excluding hydrogens is 385 g/mol. The van der Waals surface area contributed by atoms with Crippen LogP contribution in [-0.2, 0) is 0 Å². The van der Waals surface area contributed by atoms with Crippen molar-refractivity contribution < 1.29 is 9.18 Å². The van der Waals surface area contributed by atoms with Crippen LogP contribution in [0.5, 0.6) is 0 Å². The largest absolute Gasteiger partial charge is 0.321 e. The van der Waals surface area contributed by atoms with Gasteiger partial charge in [-0.1, -0.05) is 12.1 Å². The highest BCUT2D eigenvalue weighted by atomic mass is 79.9. The van der Waals surface area contributed by atoms with E-state index in [0.717, 1.165) is 0 Å². The summed E-state index contributed by atoms with van der Waals surface area (Å²) in [6.45, 7) is 0. The summed E-state index contributed by atoms with van der Waals surface area (Å²) in [5.41, 5.74) is 2.39. The highest BCUT2D eigenvalue weighted by Gasteiger charge is 2.18. The van der Waals surface area contributed by atoms with E-state index in [0.29, 0.717) is 20.3 Å². The van der Waals surface area contributed by atoms with Crippen LogP contribution in [0.3, 0.4) is 0 Å². The third-order valence-corrected chi connectivity index (χ3v) is 7.01. The second-order valence-electron chi connectivity index (χ2n) is 4.77. The topological polar surface area (TPSA) is 29.1 Å². The number of nitrogens with one attached hydrogen (secondary N) is 1. The van der Waals surface area contributed by atoms with Gasteiger partial charge in [-0.15, -0.1) is 23.5 Å². The number of amides is 1. The molecule has 1 saturated heterocycles. The van der Waals surface area contributed by atoms with Crippen molar-refractivity contribution in [2.24, 2.45) is 0 Å². The molecule has 0 atom stereocenters. The lowest BCUT2D eigenvalue weighted by Gasteiger charge is -2.10. The summed E-state index contributed by atoms with van der Waals surface area (Å²) in [6.07, 6.45) is 0. The van der Waals surface area contributed by atoms with Gasteiger partial charge in [-0.05, 0) is 51.8 Å². The maximum absolute atomic E-state index is 13.1. The number of thioether (sulfide) groups is 2. The van der Waals surface area contributed by atoms with Crippen LogP contribution in [0.1, 0.15) is 20.5 Å². The summed E-state index contributed by atoms with van der Waals surface area (Å²) in [7, 11) is 0. The first-order valence-corrected chi connectivity index (χ1v) is 9.62. The van der Waals surface area contributed by atoms with Gasteiger partial charge in [0.15, 0.2) is 0 Å². The minimum atomic E-state index is -0.346. The van der Waals surface area contributed by atoms with Crippen LogP contribution in [0.25, 0.3) is 0 Å². The predicted molar refractivity (Wildman–Crippen MR) is 96.2 cm³/mol. The van der Waals surface area contributed by atoms with Crippen molar-refractivity contribution >= 4 is 51.0 Å². The van der Waals surface area contributed by atoms with Crippen molar-refractivity contribution in [2.45, 2.75) is 4.58 Å². The first-order valence-electron chi connectivity index (χ1n) is 6.73. The Morgan fingerprint density at radius 2 is 1.82 bits per heavy atom. The maximum atomic E-state index is 13.1. The molecule has 2 aromatic rings. The van der Waals surface area contributed by atoms with Gasteiger partial charge in [-0.2, -0.15) is 0 Å². The molecule has 1 aliphatic heterocycles. The van der Waals surface area contributed by atoms with Gasteiger partial charge in [-0.3, -0.25) is 4.79 Å². The molecule has 1 N–H and O–H groups in total. The molecule has 1 amide bonds. The second-order valence-corrected chi connectivity index (χ2v) is 8.35. The van der Waals surface area contributed by atoms with Crippen LogP contribution in [-0.4, -0.2) is 17.4 Å². The smallest absolute Gasteiger partial charge is 0.255 e. The summed E-state index contributed by atoms with van der Waals surface area (Å²) >= 11 is 7.12. The SMILES string of the molecule is O=C(Nc1ccc(F)cc1Br)c1ccc(C2SCCS2)cc1. The summed E-state index contributed by atoms with van der Waals surface area (Å²) in [5.74, 6) is 1.80. The zero-order chi connectivity index (χ0) is 15.5. The third kappa shape index (κ3) is 3.67. The zero-order valence-electron chi connectivity index (χ0n) is 11.5. The number of hydrogen-bond acceptors (Lipinski definition) is 3. The minimum absolute atomic E-state index is 0.203. The predicted octanol–water partition coefficient (Wildman–Crippen LogP) is 5.32. The number of benzene rings is 2. The number of carbonyl (C=O) groups is 1. The number of halogens is 2. The quantitative estimate of drug-likeness (QED) is 0.759. The molecule has 1 aliphatic rings. The maximum Gasteiger partial charge on any atom is 0.255 e. The van der Waals surface area contributed by atoms with Gasteiger partial charge in [0.1, 0.15) is 5.82 Å². The molecule has 0 bridgehead atoms. The van der Waals surface area contributed by atoms with E-state index in [9.17, 15) is 9.18 Å².